The Balaban J connectivity index is 1.45. The Kier molecular flexibility index (Phi) is 5.62. The highest BCUT2D eigenvalue weighted by Crippen LogP contribution is 2.28. The Labute approximate surface area is 113 Å². The summed E-state index contributed by atoms with van der Waals surface area (Å²) in [4.78, 5) is 15.6. The van der Waals surface area contributed by atoms with Crippen LogP contribution < -0.4 is 10.6 Å². The smallest absolute Gasteiger partial charge is 0.315 e. The number of amides is 2. The van der Waals surface area contributed by atoms with Crippen LogP contribution in [0.4, 0.5) is 4.79 Å². The van der Waals surface area contributed by atoms with Crippen molar-refractivity contribution in [2.75, 3.05) is 19.8 Å². The van der Waals surface area contributed by atoms with Crippen molar-refractivity contribution in [2.24, 2.45) is 5.92 Å². The highest BCUT2D eigenvalue weighted by molar-refractivity contribution is 5.73. The van der Waals surface area contributed by atoms with Gasteiger partial charge in [0.2, 0.25) is 0 Å². The number of carbonyl (C=O) groups excluding carboxylic acids is 1. The minimum atomic E-state index is -0.159. The molecule has 5 nitrogen and oxygen atoms in total. The lowest BCUT2D eigenvalue weighted by atomic mass is 10.3. The Morgan fingerprint density at radius 1 is 1.37 bits per heavy atom. The molecule has 0 atom stereocenters. The molecule has 19 heavy (non-hydrogen) atoms. The zero-order chi connectivity index (χ0) is 13.3. The summed E-state index contributed by atoms with van der Waals surface area (Å²) < 4.78 is 5.49. The molecular formula is C14H21N3O2. The zero-order valence-electron chi connectivity index (χ0n) is 11.1. The fraction of sp³-hybridized carbons (Fsp3) is 0.571. The van der Waals surface area contributed by atoms with Gasteiger partial charge in [-0.1, -0.05) is 6.07 Å². The van der Waals surface area contributed by atoms with Crippen molar-refractivity contribution in [3.8, 4) is 0 Å². The number of nitrogens with one attached hydrogen (secondary N) is 2. The van der Waals surface area contributed by atoms with Crippen LogP contribution in [0.25, 0.3) is 0 Å². The van der Waals surface area contributed by atoms with Crippen molar-refractivity contribution < 1.29 is 9.53 Å². The van der Waals surface area contributed by atoms with Crippen LogP contribution in [-0.2, 0) is 11.3 Å². The van der Waals surface area contributed by atoms with Gasteiger partial charge in [0.25, 0.3) is 0 Å². The Morgan fingerprint density at radius 2 is 2.26 bits per heavy atom. The number of pyridine rings is 1. The van der Waals surface area contributed by atoms with Gasteiger partial charge in [-0.05, 0) is 37.3 Å². The van der Waals surface area contributed by atoms with Gasteiger partial charge in [-0.3, -0.25) is 4.98 Å². The van der Waals surface area contributed by atoms with Crippen molar-refractivity contribution in [1.29, 1.82) is 0 Å². The molecule has 2 N–H and O–H groups in total. The highest BCUT2D eigenvalue weighted by Gasteiger charge is 2.20. The van der Waals surface area contributed by atoms with Crippen molar-refractivity contribution in [2.45, 2.75) is 25.8 Å². The number of carbonyl (C=O) groups is 1. The summed E-state index contributed by atoms with van der Waals surface area (Å²) in [5, 5.41) is 5.56. The molecule has 1 aliphatic carbocycles. The minimum absolute atomic E-state index is 0.159. The van der Waals surface area contributed by atoms with Crippen LogP contribution in [-0.4, -0.2) is 30.8 Å². The molecule has 0 aliphatic heterocycles. The van der Waals surface area contributed by atoms with Gasteiger partial charge in [0.1, 0.15) is 0 Å². The summed E-state index contributed by atoms with van der Waals surface area (Å²) in [5.74, 6) is 0.801. The van der Waals surface area contributed by atoms with Gasteiger partial charge in [0, 0.05) is 26.0 Å². The number of rotatable bonds is 8. The zero-order valence-corrected chi connectivity index (χ0v) is 11.1. The molecule has 1 aromatic heterocycles. The van der Waals surface area contributed by atoms with E-state index < -0.39 is 0 Å². The SMILES string of the molecule is O=C(NCCCOCC1CC1)NCc1ccccn1. The number of aromatic nitrogens is 1. The van der Waals surface area contributed by atoms with Gasteiger partial charge in [-0.25, -0.2) is 4.79 Å². The van der Waals surface area contributed by atoms with E-state index in [1.165, 1.54) is 12.8 Å². The summed E-state index contributed by atoms with van der Waals surface area (Å²) >= 11 is 0. The topological polar surface area (TPSA) is 63.2 Å². The summed E-state index contributed by atoms with van der Waals surface area (Å²) in [6.07, 6.45) is 5.19. The molecule has 0 aromatic carbocycles. The number of hydrogen-bond donors (Lipinski definition) is 2. The molecule has 0 spiro atoms. The minimum Gasteiger partial charge on any atom is -0.381 e. The van der Waals surface area contributed by atoms with E-state index in [0.29, 0.717) is 13.1 Å². The van der Waals surface area contributed by atoms with Gasteiger partial charge in [-0.15, -0.1) is 0 Å². The standard InChI is InChI=1S/C14H21N3O2/c18-14(17-10-13-4-1-2-7-15-13)16-8-3-9-19-11-12-5-6-12/h1-2,4,7,12H,3,5-6,8-11H2,(H2,16,17,18). The van der Waals surface area contributed by atoms with Crippen molar-refractivity contribution in [1.82, 2.24) is 15.6 Å². The number of urea groups is 1. The van der Waals surface area contributed by atoms with E-state index in [9.17, 15) is 4.79 Å². The Morgan fingerprint density at radius 3 is 3.00 bits per heavy atom. The Bertz CT molecular complexity index is 380. The molecule has 1 aromatic rings. The second kappa shape index (κ2) is 7.74. The average Bonchev–Trinajstić information content (AvgIpc) is 3.26. The first-order chi connectivity index (χ1) is 9.34. The second-order valence-electron chi connectivity index (χ2n) is 4.80. The van der Waals surface area contributed by atoms with Crippen molar-refractivity contribution >= 4 is 6.03 Å². The van der Waals surface area contributed by atoms with E-state index in [1.54, 1.807) is 6.20 Å². The van der Waals surface area contributed by atoms with Crippen LogP contribution in [0, 0.1) is 5.92 Å². The molecule has 0 bridgehead atoms. The van der Waals surface area contributed by atoms with Crippen LogP contribution in [0.1, 0.15) is 25.0 Å². The molecule has 2 rings (SSSR count). The predicted molar refractivity (Wildman–Crippen MR) is 72.6 cm³/mol. The van der Waals surface area contributed by atoms with Gasteiger partial charge in [0.15, 0.2) is 0 Å². The van der Waals surface area contributed by atoms with Crippen molar-refractivity contribution in [3.63, 3.8) is 0 Å². The number of nitrogens with zero attached hydrogens (tertiary/aromatic N) is 1. The molecule has 2 amide bonds. The fourth-order valence-corrected chi connectivity index (χ4v) is 1.65. The molecule has 0 unspecified atom stereocenters. The normalized spacial score (nSPS) is 14.1. The summed E-state index contributed by atoms with van der Waals surface area (Å²) in [6, 6.07) is 5.48. The molecule has 1 aliphatic rings. The maximum atomic E-state index is 11.5. The quantitative estimate of drug-likeness (QED) is 0.702. The molecule has 0 saturated heterocycles. The van der Waals surface area contributed by atoms with E-state index in [1.807, 2.05) is 18.2 Å². The van der Waals surface area contributed by atoms with Crippen LogP contribution in [0.2, 0.25) is 0 Å². The maximum absolute atomic E-state index is 11.5. The lowest BCUT2D eigenvalue weighted by Gasteiger charge is -2.07. The van der Waals surface area contributed by atoms with E-state index in [4.69, 9.17) is 4.74 Å². The molecule has 1 fully saturated rings. The predicted octanol–water partition coefficient (Wildman–Crippen LogP) is 1.70. The largest absolute Gasteiger partial charge is 0.381 e. The van der Waals surface area contributed by atoms with E-state index in [0.717, 1.165) is 31.2 Å². The lowest BCUT2D eigenvalue weighted by Crippen LogP contribution is -2.36. The third-order valence-corrected chi connectivity index (χ3v) is 2.96. The van der Waals surface area contributed by atoms with Gasteiger partial charge < -0.3 is 15.4 Å². The van der Waals surface area contributed by atoms with Gasteiger partial charge >= 0.3 is 6.03 Å². The summed E-state index contributed by atoms with van der Waals surface area (Å²) in [6.45, 7) is 2.69. The highest BCUT2D eigenvalue weighted by atomic mass is 16.5. The molecular weight excluding hydrogens is 242 g/mol. The monoisotopic (exact) mass is 263 g/mol. The van der Waals surface area contributed by atoms with Gasteiger partial charge in [0.05, 0.1) is 12.2 Å². The molecule has 0 radical (unpaired) electrons. The molecule has 1 saturated carbocycles. The maximum Gasteiger partial charge on any atom is 0.315 e. The first kappa shape index (κ1) is 13.8. The average molecular weight is 263 g/mol. The first-order valence-electron chi connectivity index (χ1n) is 6.84. The second-order valence-corrected chi connectivity index (χ2v) is 4.80. The van der Waals surface area contributed by atoms with Gasteiger partial charge in [-0.2, -0.15) is 0 Å². The molecule has 104 valence electrons. The van der Waals surface area contributed by atoms with Crippen LogP contribution in [0.5, 0.6) is 0 Å². The fourth-order valence-electron chi connectivity index (χ4n) is 1.65. The third kappa shape index (κ3) is 6.20. The number of hydrogen-bond acceptors (Lipinski definition) is 3. The lowest BCUT2D eigenvalue weighted by molar-refractivity contribution is 0.122. The van der Waals surface area contributed by atoms with E-state index in [2.05, 4.69) is 15.6 Å². The van der Waals surface area contributed by atoms with Crippen molar-refractivity contribution in [3.05, 3.63) is 30.1 Å². The van der Waals surface area contributed by atoms with E-state index in [-0.39, 0.29) is 6.03 Å². The summed E-state index contributed by atoms with van der Waals surface area (Å²) in [5.41, 5.74) is 0.852. The molecule has 1 heterocycles. The summed E-state index contributed by atoms with van der Waals surface area (Å²) in [7, 11) is 0. The first-order valence-corrected chi connectivity index (χ1v) is 6.84. The number of ether oxygens (including phenoxy) is 1. The Hall–Kier alpha value is -1.62. The van der Waals surface area contributed by atoms with E-state index >= 15 is 0 Å². The molecule has 5 heteroatoms. The van der Waals surface area contributed by atoms with Crippen LogP contribution in [0.15, 0.2) is 24.4 Å². The van der Waals surface area contributed by atoms with Crippen LogP contribution >= 0.6 is 0 Å². The van der Waals surface area contributed by atoms with Crippen LogP contribution in [0.3, 0.4) is 0 Å². The third-order valence-electron chi connectivity index (χ3n) is 2.96.